The Hall–Kier alpha value is -0.560. The van der Waals surface area contributed by atoms with E-state index in [-0.39, 0.29) is 6.54 Å². The van der Waals surface area contributed by atoms with Crippen molar-refractivity contribution in [3.05, 3.63) is 0 Å². The second kappa shape index (κ2) is 5.57. The van der Waals surface area contributed by atoms with Crippen molar-refractivity contribution in [2.45, 2.75) is 13.2 Å². The smallest absolute Gasteiger partial charge is 0.164 e. The number of rotatable bonds is 3. The van der Waals surface area contributed by atoms with E-state index in [1.165, 1.54) is 0 Å². The molecule has 0 heterocycles. The van der Waals surface area contributed by atoms with Crippen molar-refractivity contribution >= 4 is 0 Å². The summed E-state index contributed by atoms with van der Waals surface area (Å²) in [4.78, 5) is 0. The van der Waals surface area contributed by atoms with Crippen LogP contribution in [0.5, 0.6) is 0 Å². The molecule has 52 valence electrons. The first-order valence-electron chi connectivity index (χ1n) is 2.74. The maximum atomic E-state index is 8.30. The third-order valence-corrected chi connectivity index (χ3v) is 0.717. The third kappa shape index (κ3) is 7.44. The van der Waals surface area contributed by atoms with Gasteiger partial charge in [-0.15, -0.1) is 5.92 Å². The van der Waals surface area contributed by atoms with Crippen LogP contribution in [-0.4, -0.2) is 29.6 Å². The van der Waals surface area contributed by atoms with Crippen LogP contribution in [0.1, 0.15) is 6.92 Å². The van der Waals surface area contributed by atoms with E-state index in [9.17, 15) is 0 Å². The predicted octanol–water partition coefficient (Wildman–Crippen LogP) is -1.09. The van der Waals surface area contributed by atoms with Gasteiger partial charge in [0.15, 0.2) is 6.29 Å². The molecular formula is C6H11NO2. The fraction of sp³-hybridized carbons (Fsp3) is 0.667. The molecule has 0 aromatic carbocycles. The molecule has 0 bridgehead atoms. The highest BCUT2D eigenvalue weighted by Crippen LogP contribution is 1.67. The van der Waals surface area contributed by atoms with Crippen molar-refractivity contribution in [1.82, 2.24) is 5.32 Å². The fourth-order valence-electron chi connectivity index (χ4n) is 0.352. The van der Waals surface area contributed by atoms with Gasteiger partial charge in [0, 0.05) is 6.54 Å². The Morgan fingerprint density at radius 1 is 1.56 bits per heavy atom. The summed E-state index contributed by atoms with van der Waals surface area (Å²) >= 11 is 0. The molecule has 0 aliphatic carbocycles. The van der Waals surface area contributed by atoms with Crippen molar-refractivity contribution in [2.75, 3.05) is 13.1 Å². The molecule has 0 unspecified atom stereocenters. The van der Waals surface area contributed by atoms with E-state index in [1.54, 1.807) is 6.92 Å². The van der Waals surface area contributed by atoms with Gasteiger partial charge in [0.1, 0.15) is 0 Å². The lowest BCUT2D eigenvalue weighted by Gasteiger charge is -2.00. The largest absolute Gasteiger partial charge is 0.367 e. The van der Waals surface area contributed by atoms with E-state index in [4.69, 9.17) is 10.2 Å². The summed E-state index contributed by atoms with van der Waals surface area (Å²) in [6.07, 6.45) is -1.27. The van der Waals surface area contributed by atoms with Crippen LogP contribution in [0.2, 0.25) is 0 Å². The van der Waals surface area contributed by atoms with Gasteiger partial charge in [0.05, 0.1) is 6.54 Å². The van der Waals surface area contributed by atoms with Crippen LogP contribution in [0, 0.1) is 11.8 Å². The maximum absolute atomic E-state index is 8.30. The standard InChI is InChI=1S/C6H11NO2/c1-2-3-4-7-5-6(8)9/h6-9H,4-5H2,1H3. The summed E-state index contributed by atoms with van der Waals surface area (Å²) in [6.45, 7) is 2.42. The Kier molecular flexibility index (Phi) is 5.23. The molecule has 0 aromatic rings. The van der Waals surface area contributed by atoms with E-state index in [1.807, 2.05) is 0 Å². The van der Waals surface area contributed by atoms with Crippen LogP contribution < -0.4 is 5.32 Å². The number of aliphatic hydroxyl groups is 2. The lowest BCUT2D eigenvalue weighted by Crippen LogP contribution is -2.26. The monoisotopic (exact) mass is 129 g/mol. The molecule has 0 spiro atoms. The number of hydrogen-bond donors (Lipinski definition) is 3. The van der Waals surface area contributed by atoms with Gasteiger partial charge in [0.2, 0.25) is 0 Å². The minimum atomic E-state index is -1.27. The van der Waals surface area contributed by atoms with Gasteiger partial charge in [-0.25, -0.2) is 0 Å². The molecule has 0 amide bonds. The third-order valence-electron chi connectivity index (χ3n) is 0.717. The van der Waals surface area contributed by atoms with E-state index in [0.29, 0.717) is 6.54 Å². The molecule has 0 fully saturated rings. The number of hydrogen-bond acceptors (Lipinski definition) is 3. The molecule has 0 aliphatic rings. The Morgan fingerprint density at radius 3 is 2.67 bits per heavy atom. The SMILES string of the molecule is CC#CCNCC(O)O. The highest BCUT2D eigenvalue weighted by Gasteiger charge is 1.91. The van der Waals surface area contributed by atoms with Gasteiger partial charge < -0.3 is 15.5 Å². The zero-order valence-corrected chi connectivity index (χ0v) is 5.39. The van der Waals surface area contributed by atoms with Crippen LogP contribution in [-0.2, 0) is 0 Å². The summed E-state index contributed by atoms with van der Waals surface area (Å²) in [7, 11) is 0. The molecule has 0 atom stereocenters. The normalized spacial score (nSPS) is 8.89. The van der Waals surface area contributed by atoms with Gasteiger partial charge in [-0.2, -0.15) is 0 Å². The molecule has 0 aromatic heterocycles. The molecule has 3 nitrogen and oxygen atoms in total. The molecular weight excluding hydrogens is 118 g/mol. The summed E-state index contributed by atoms with van der Waals surface area (Å²) < 4.78 is 0. The highest BCUT2D eigenvalue weighted by atomic mass is 16.5. The maximum Gasteiger partial charge on any atom is 0.164 e. The molecule has 3 N–H and O–H groups in total. The summed E-state index contributed by atoms with van der Waals surface area (Å²) in [6, 6.07) is 0. The highest BCUT2D eigenvalue weighted by molar-refractivity contribution is 4.96. The number of nitrogens with one attached hydrogen (secondary N) is 1. The first kappa shape index (κ1) is 8.44. The molecule has 3 heteroatoms. The molecule has 0 saturated carbocycles. The lowest BCUT2D eigenvalue weighted by atomic mass is 10.5. The van der Waals surface area contributed by atoms with Crippen molar-refractivity contribution < 1.29 is 10.2 Å². The summed E-state index contributed by atoms with van der Waals surface area (Å²) in [5.74, 6) is 5.39. The number of aliphatic hydroxyl groups excluding tert-OH is 1. The lowest BCUT2D eigenvalue weighted by molar-refractivity contribution is -0.0364. The zero-order chi connectivity index (χ0) is 7.11. The minimum Gasteiger partial charge on any atom is -0.367 e. The topological polar surface area (TPSA) is 52.5 Å². The zero-order valence-electron chi connectivity index (χ0n) is 5.39. The molecule has 9 heavy (non-hydrogen) atoms. The summed E-state index contributed by atoms with van der Waals surface area (Å²) in [5, 5.41) is 19.3. The van der Waals surface area contributed by atoms with Crippen LogP contribution in [0.4, 0.5) is 0 Å². The molecule has 0 aliphatic heterocycles. The van der Waals surface area contributed by atoms with Crippen LogP contribution in [0.15, 0.2) is 0 Å². The quantitative estimate of drug-likeness (QED) is 0.258. The average molecular weight is 129 g/mol. The van der Waals surface area contributed by atoms with Crippen molar-refractivity contribution in [3.8, 4) is 11.8 Å². The predicted molar refractivity (Wildman–Crippen MR) is 34.5 cm³/mol. The van der Waals surface area contributed by atoms with Crippen molar-refractivity contribution in [3.63, 3.8) is 0 Å². The Bertz CT molecular complexity index is 112. The Morgan fingerprint density at radius 2 is 2.22 bits per heavy atom. The fourth-order valence-corrected chi connectivity index (χ4v) is 0.352. The van der Waals surface area contributed by atoms with Gasteiger partial charge in [-0.1, -0.05) is 5.92 Å². The summed E-state index contributed by atoms with van der Waals surface area (Å²) in [5.41, 5.74) is 0. The van der Waals surface area contributed by atoms with Gasteiger partial charge in [-0.05, 0) is 6.92 Å². The molecule has 0 saturated heterocycles. The molecule has 0 rings (SSSR count). The van der Waals surface area contributed by atoms with E-state index < -0.39 is 6.29 Å². The van der Waals surface area contributed by atoms with E-state index in [0.717, 1.165) is 0 Å². The van der Waals surface area contributed by atoms with E-state index >= 15 is 0 Å². The average Bonchev–Trinajstić information content (AvgIpc) is 1.80. The van der Waals surface area contributed by atoms with Crippen LogP contribution in [0.3, 0.4) is 0 Å². The second-order valence-electron chi connectivity index (χ2n) is 1.54. The van der Waals surface area contributed by atoms with Gasteiger partial charge in [0.25, 0.3) is 0 Å². The Labute approximate surface area is 54.7 Å². The van der Waals surface area contributed by atoms with Crippen LogP contribution in [0.25, 0.3) is 0 Å². The van der Waals surface area contributed by atoms with Gasteiger partial charge >= 0.3 is 0 Å². The Balaban J connectivity index is 2.98. The second-order valence-corrected chi connectivity index (χ2v) is 1.54. The van der Waals surface area contributed by atoms with Crippen molar-refractivity contribution in [2.24, 2.45) is 0 Å². The minimum absolute atomic E-state index is 0.175. The first-order chi connectivity index (χ1) is 4.27. The van der Waals surface area contributed by atoms with Crippen LogP contribution >= 0.6 is 0 Å². The van der Waals surface area contributed by atoms with Crippen molar-refractivity contribution in [1.29, 1.82) is 0 Å². The first-order valence-corrected chi connectivity index (χ1v) is 2.74. The molecule has 0 radical (unpaired) electrons. The van der Waals surface area contributed by atoms with Gasteiger partial charge in [-0.3, -0.25) is 0 Å². The van der Waals surface area contributed by atoms with E-state index in [2.05, 4.69) is 17.2 Å².